The van der Waals surface area contributed by atoms with Gasteiger partial charge in [-0.3, -0.25) is 9.59 Å². The number of pyridine rings is 3. The molecule has 0 aliphatic carbocycles. The van der Waals surface area contributed by atoms with Gasteiger partial charge in [-0.15, -0.1) is 0 Å². The number of ketones is 1. The van der Waals surface area contributed by atoms with Crippen LogP contribution in [0.5, 0.6) is 0 Å². The maximum atomic E-state index is 12.9. The van der Waals surface area contributed by atoms with Gasteiger partial charge in [0.1, 0.15) is 17.5 Å². The number of hydrogen-bond donors (Lipinski definition) is 3. The lowest BCUT2D eigenvalue weighted by Crippen LogP contribution is -2.29. The number of aromatic nitrogens is 3. The number of Topliss-reactive ketones (excluding diaryl/α,β-unsaturated/α-hetero) is 1. The Kier molecular flexibility index (Phi) is 5.65. The normalized spacial score (nSPS) is 11.5. The molecule has 0 bridgehead atoms. The van der Waals surface area contributed by atoms with Crippen molar-refractivity contribution in [3.63, 3.8) is 0 Å². The number of rotatable bonds is 6. The molecule has 3 aromatic rings. The highest BCUT2D eigenvalue weighted by atomic mass is 16.3. The zero-order chi connectivity index (χ0) is 21.2. The van der Waals surface area contributed by atoms with Crippen LogP contribution in [0.4, 0.5) is 17.5 Å². The molecule has 0 aromatic carbocycles. The zero-order valence-corrected chi connectivity index (χ0v) is 17.0. The van der Waals surface area contributed by atoms with Crippen molar-refractivity contribution in [2.45, 2.75) is 39.8 Å². The Morgan fingerprint density at radius 2 is 1.97 bits per heavy atom. The highest BCUT2D eigenvalue weighted by Gasteiger charge is 2.17. The summed E-state index contributed by atoms with van der Waals surface area (Å²) in [5.41, 5.74) is -0.00242. The highest BCUT2D eigenvalue weighted by Crippen LogP contribution is 2.26. The van der Waals surface area contributed by atoms with E-state index in [4.69, 9.17) is 0 Å². The molecule has 0 fully saturated rings. The lowest BCUT2D eigenvalue weighted by molar-refractivity contribution is 0.101. The number of carbonyl (C=O) groups is 1. The number of nitrogens with zero attached hydrogens (tertiary/aromatic N) is 3. The van der Waals surface area contributed by atoms with Crippen LogP contribution in [0.1, 0.15) is 38.1 Å². The fourth-order valence-corrected chi connectivity index (χ4v) is 2.95. The van der Waals surface area contributed by atoms with Gasteiger partial charge in [-0.25, -0.2) is 9.97 Å². The van der Waals surface area contributed by atoms with Gasteiger partial charge in [0.15, 0.2) is 5.78 Å². The van der Waals surface area contributed by atoms with Crippen molar-refractivity contribution in [3.05, 3.63) is 52.6 Å². The first-order valence-corrected chi connectivity index (χ1v) is 9.35. The molecule has 8 heteroatoms. The third-order valence-corrected chi connectivity index (χ3v) is 4.22. The van der Waals surface area contributed by atoms with Crippen LogP contribution < -0.4 is 16.2 Å². The molecular weight excluding hydrogens is 370 g/mol. The smallest absolute Gasteiger partial charge is 0.262 e. The Balaban J connectivity index is 2.12. The quantitative estimate of drug-likeness (QED) is 0.551. The second kappa shape index (κ2) is 8.00. The van der Waals surface area contributed by atoms with E-state index in [1.807, 2.05) is 26.8 Å². The number of hydrogen-bond acceptors (Lipinski definition) is 7. The third kappa shape index (κ3) is 4.78. The van der Waals surface area contributed by atoms with E-state index in [-0.39, 0.29) is 30.0 Å². The molecule has 3 rings (SSSR count). The maximum Gasteiger partial charge on any atom is 0.262 e. The molecule has 3 aromatic heterocycles. The van der Waals surface area contributed by atoms with E-state index in [9.17, 15) is 14.7 Å². The van der Waals surface area contributed by atoms with E-state index in [0.717, 1.165) is 0 Å². The van der Waals surface area contributed by atoms with Crippen molar-refractivity contribution in [1.82, 2.24) is 14.5 Å². The van der Waals surface area contributed by atoms with Crippen molar-refractivity contribution in [2.24, 2.45) is 0 Å². The van der Waals surface area contributed by atoms with Gasteiger partial charge in [0, 0.05) is 30.0 Å². The van der Waals surface area contributed by atoms with Crippen LogP contribution in [0.3, 0.4) is 0 Å². The molecule has 0 saturated carbocycles. The zero-order valence-electron chi connectivity index (χ0n) is 17.0. The molecule has 0 aliphatic rings. The van der Waals surface area contributed by atoms with Crippen molar-refractivity contribution in [3.8, 4) is 0 Å². The summed E-state index contributed by atoms with van der Waals surface area (Å²) < 4.78 is 1.46. The van der Waals surface area contributed by atoms with Crippen molar-refractivity contribution in [2.75, 3.05) is 17.2 Å². The molecule has 3 heterocycles. The van der Waals surface area contributed by atoms with E-state index < -0.39 is 0 Å². The first-order valence-electron chi connectivity index (χ1n) is 9.35. The van der Waals surface area contributed by atoms with Crippen LogP contribution in [-0.4, -0.2) is 37.6 Å². The van der Waals surface area contributed by atoms with E-state index in [1.165, 1.54) is 11.5 Å². The van der Waals surface area contributed by atoms with Crippen LogP contribution >= 0.6 is 0 Å². The van der Waals surface area contributed by atoms with Gasteiger partial charge >= 0.3 is 0 Å². The van der Waals surface area contributed by atoms with Crippen molar-refractivity contribution in [1.29, 1.82) is 0 Å². The highest BCUT2D eigenvalue weighted by molar-refractivity contribution is 5.95. The molecule has 29 heavy (non-hydrogen) atoms. The lowest BCUT2D eigenvalue weighted by atomic mass is 10.1. The molecular formula is C21H25N5O3. The molecule has 8 nitrogen and oxygen atoms in total. The minimum atomic E-state index is -0.324. The summed E-state index contributed by atoms with van der Waals surface area (Å²) in [6.07, 6.45) is 3.21. The Labute approximate surface area is 168 Å². The summed E-state index contributed by atoms with van der Waals surface area (Å²) in [5, 5.41) is 16.8. The molecule has 3 N–H and O–H groups in total. The summed E-state index contributed by atoms with van der Waals surface area (Å²) >= 11 is 0. The van der Waals surface area contributed by atoms with Gasteiger partial charge in [-0.1, -0.05) is 0 Å². The van der Waals surface area contributed by atoms with E-state index in [0.29, 0.717) is 33.8 Å². The molecule has 0 unspecified atom stereocenters. The fourth-order valence-electron chi connectivity index (χ4n) is 2.95. The summed E-state index contributed by atoms with van der Waals surface area (Å²) in [5.74, 6) is 1.37. The Morgan fingerprint density at radius 3 is 2.62 bits per heavy atom. The average Bonchev–Trinajstić information content (AvgIpc) is 2.63. The third-order valence-electron chi connectivity index (χ3n) is 4.22. The maximum absolute atomic E-state index is 12.9. The molecule has 0 saturated heterocycles. The van der Waals surface area contributed by atoms with Gasteiger partial charge in [-0.05, 0) is 57.3 Å². The molecule has 0 atom stereocenters. The van der Waals surface area contributed by atoms with Crippen LogP contribution in [0.15, 0.2) is 41.5 Å². The minimum Gasteiger partial charge on any atom is -0.395 e. The van der Waals surface area contributed by atoms with Gasteiger partial charge in [0.25, 0.3) is 5.56 Å². The van der Waals surface area contributed by atoms with Crippen molar-refractivity contribution >= 4 is 34.0 Å². The van der Waals surface area contributed by atoms with Crippen LogP contribution in [-0.2, 0) is 6.54 Å². The standard InChI is InChI=1S/C21H25N5O3/c1-13(28)14-5-7-22-16(11-14)23-17-12-15-6-8-26(9-10-27)20(29)18(15)19(24-17)25-21(2,3)4/h5-8,11-12,27H,9-10H2,1-4H3,(H2,22,23,24,25). The minimum absolute atomic E-state index is 0.0542. The largest absolute Gasteiger partial charge is 0.395 e. The predicted molar refractivity (Wildman–Crippen MR) is 114 cm³/mol. The number of nitrogens with one attached hydrogen (secondary N) is 2. The number of aliphatic hydroxyl groups is 1. The summed E-state index contributed by atoms with van der Waals surface area (Å²) in [6, 6.07) is 6.88. The van der Waals surface area contributed by atoms with Crippen molar-refractivity contribution < 1.29 is 9.90 Å². The van der Waals surface area contributed by atoms with E-state index in [2.05, 4.69) is 20.6 Å². The summed E-state index contributed by atoms with van der Waals surface area (Å²) in [6.45, 7) is 7.52. The summed E-state index contributed by atoms with van der Waals surface area (Å²) in [4.78, 5) is 33.4. The lowest BCUT2D eigenvalue weighted by Gasteiger charge is -2.23. The number of aliphatic hydroxyl groups excluding tert-OH is 1. The topological polar surface area (TPSA) is 109 Å². The average molecular weight is 395 g/mol. The molecule has 152 valence electrons. The summed E-state index contributed by atoms with van der Waals surface area (Å²) in [7, 11) is 0. The van der Waals surface area contributed by atoms with Crippen LogP contribution in [0.25, 0.3) is 10.8 Å². The molecule has 0 aliphatic heterocycles. The van der Waals surface area contributed by atoms with Gasteiger partial charge in [0.05, 0.1) is 12.0 Å². The fraction of sp³-hybridized carbons (Fsp3) is 0.333. The SMILES string of the molecule is CC(=O)c1ccnc(Nc2cc3ccn(CCO)c(=O)c3c(NC(C)(C)C)n2)c1. The second-order valence-corrected chi connectivity index (χ2v) is 7.84. The molecule has 0 spiro atoms. The first kappa shape index (κ1) is 20.5. The Bertz CT molecular complexity index is 1120. The Morgan fingerprint density at radius 1 is 1.21 bits per heavy atom. The molecule has 0 radical (unpaired) electrons. The number of carbonyl (C=O) groups excluding carboxylic acids is 1. The first-order chi connectivity index (χ1) is 13.7. The van der Waals surface area contributed by atoms with Gasteiger partial charge < -0.3 is 20.3 Å². The van der Waals surface area contributed by atoms with Gasteiger partial charge in [0.2, 0.25) is 0 Å². The second-order valence-electron chi connectivity index (χ2n) is 7.84. The Hall–Kier alpha value is -3.26. The van der Waals surface area contributed by atoms with E-state index in [1.54, 1.807) is 30.6 Å². The monoisotopic (exact) mass is 395 g/mol. The predicted octanol–water partition coefficient (Wildman–Crippen LogP) is 2.94. The van der Waals surface area contributed by atoms with Crippen LogP contribution in [0.2, 0.25) is 0 Å². The van der Waals surface area contributed by atoms with E-state index >= 15 is 0 Å². The molecule has 0 amide bonds. The van der Waals surface area contributed by atoms with Gasteiger partial charge in [-0.2, -0.15) is 0 Å². The van der Waals surface area contributed by atoms with Crippen LogP contribution in [0, 0.1) is 0 Å². The number of fused-ring (bicyclic) bond motifs is 1. The number of anilines is 3.